The summed E-state index contributed by atoms with van der Waals surface area (Å²) in [5.41, 5.74) is -0.642. The van der Waals surface area contributed by atoms with Crippen molar-refractivity contribution in [2.45, 2.75) is 37.9 Å². The summed E-state index contributed by atoms with van der Waals surface area (Å²) >= 11 is 6.17. The van der Waals surface area contributed by atoms with Crippen molar-refractivity contribution in [1.82, 2.24) is 0 Å². The lowest BCUT2D eigenvalue weighted by molar-refractivity contribution is -0.182. The van der Waals surface area contributed by atoms with E-state index in [2.05, 4.69) is 5.32 Å². The van der Waals surface area contributed by atoms with Crippen molar-refractivity contribution in [3.63, 3.8) is 0 Å². The molecule has 1 aromatic rings. The molecular weight excluding hydrogens is 472 g/mol. The van der Waals surface area contributed by atoms with Crippen LogP contribution in [0.3, 0.4) is 0 Å². The van der Waals surface area contributed by atoms with Crippen molar-refractivity contribution < 1.29 is 44.1 Å². The fourth-order valence-corrected chi connectivity index (χ4v) is 5.94. The number of benzene rings is 1. The molecule has 0 spiro atoms. The first-order valence-electron chi connectivity index (χ1n) is 10.4. The number of anilines is 1. The second-order valence-corrected chi connectivity index (χ2v) is 9.62. The molecule has 6 N–H and O–H groups in total. The third-order valence-electron chi connectivity index (χ3n) is 7.20. The van der Waals surface area contributed by atoms with E-state index in [9.17, 15) is 44.1 Å². The van der Waals surface area contributed by atoms with Crippen LogP contribution in [0.5, 0.6) is 5.75 Å². The number of amides is 2. The van der Waals surface area contributed by atoms with Crippen LogP contribution in [0.1, 0.15) is 42.6 Å². The molecule has 0 radical (unpaired) electrons. The highest BCUT2D eigenvalue weighted by molar-refractivity contribution is 6.35. The van der Waals surface area contributed by atoms with Crippen LogP contribution in [0.2, 0.25) is 5.02 Å². The fraction of sp³-hybridized carbons (Fsp3) is 0.455. The number of aliphatic hydroxyl groups is 2. The number of nitrogens with two attached hydrogens (primary N) is 1. The first-order valence-corrected chi connectivity index (χ1v) is 10.8. The minimum Gasteiger partial charge on any atom is -0.507 e. The van der Waals surface area contributed by atoms with Gasteiger partial charge in [0.25, 0.3) is 0 Å². The third kappa shape index (κ3) is 2.97. The lowest BCUT2D eigenvalue weighted by Crippen LogP contribution is -2.70. The lowest BCUT2D eigenvalue weighted by atomic mass is 9.51. The summed E-state index contributed by atoms with van der Waals surface area (Å²) in [5.74, 6) is -13.6. The summed E-state index contributed by atoms with van der Waals surface area (Å²) < 4.78 is 0. The number of fused-ring (bicyclic) bond motifs is 3. The van der Waals surface area contributed by atoms with Crippen LogP contribution in [-0.4, -0.2) is 55.9 Å². The highest BCUT2D eigenvalue weighted by atomic mass is 35.5. The number of phenolic OH excluding ortho intramolecular Hbond substituents is 1. The Bertz CT molecular complexity index is 1220. The van der Waals surface area contributed by atoms with E-state index in [1.54, 1.807) is 0 Å². The summed E-state index contributed by atoms with van der Waals surface area (Å²) in [6, 6.07) is 0.957. The van der Waals surface area contributed by atoms with Crippen molar-refractivity contribution in [1.29, 1.82) is 0 Å². The number of aromatic hydroxyl groups is 1. The summed E-state index contributed by atoms with van der Waals surface area (Å²) in [7, 11) is 0. The second kappa shape index (κ2) is 7.42. The minimum absolute atomic E-state index is 0.142. The third-order valence-corrected chi connectivity index (χ3v) is 7.50. The fourth-order valence-electron chi connectivity index (χ4n) is 5.69. The minimum atomic E-state index is -2.85. The van der Waals surface area contributed by atoms with E-state index in [1.165, 1.54) is 6.92 Å². The average molecular weight is 493 g/mol. The van der Waals surface area contributed by atoms with E-state index in [4.69, 9.17) is 17.3 Å². The molecule has 0 aliphatic heterocycles. The van der Waals surface area contributed by atoms with Gasteiger partial charge in [0.05, 0.1) is 27.8 Å². The molecule has 0 saturated heterocycles. The zero-order valence-electron chi connectivity index (χ0n) is 18.0. The standard InChI is InChI=1S/C22H21ClN2O9/c1-6(26)25-16-9(23)5-11(28)13-15(16)21(2,33)8-3-7-4-10(27)14(20(24)32)19(31)22(7,34)18(30)12(8)17(13)29/h5,7-8,12,14,28,33-34H,3-4H2,1-2H3,(H2,24,32)(H,25,26)/t7-,8-,12?,14?,21-,22-/m0/s1. The maximum absolute atomic E-state index is 13.5. The molecule has 2 amide bonds. The Morgan fingerprint density at radius 2 is 1.79 bits per heavy atom. The Morgan fingerprint density at radius 3 is 2.35 bits per heavy atom. The molecule has 2 fully saturated rings. The summed E-state index contributed by atoms with van der Waals surface area (Å²) in [5, 5.41) is 35.5. The van der Waals surface area contributed by atoms with Crippen LogP contribution in [-0.2, 0) is 29.6 Å². The molecule has 0 aromatic heterocycles. The maximum atomic E-state index is 13.5. The Labute approximate surface area is 197 Å². The quantitative estimate of drug-likeness (QED) is 0.269. The van der Waals surface area contributed by atoms with E-state index >= 15 is 0 Å². The van der Waals surface area contributed by atoms with Crippen LogP contribution in [0.4, 0.5) is 5.69 Å². The monoisotopic (exact) mass is 492 g/mol. The molecular formula is C22H21ClN2O9. The molecule has 1 aromatic carbocycles. The number of carbonyl (C=O) groups excluding carboxylic acids is 6. The van der Waals surface area contributed by atoms with E-state index in [1.807, 2.05) is 0 Å². The highest BCUT2D eigenvalue weighted by Gasteiger charge is 2.69. The molecule has 0 bridgehead atoms. The van der Waals surface area contributed by atoms with Crippen molar-refractivity contribution >= 4 is 52.2 Å². The van der Waals surface area contributed by atoms with E-state index in [-0.39, 0.29) is 22.7 Å². The van der Waals surface area contributed by atoms with Gasteiger partial charge >= 0.3 is 0 Å². The average Bonchev–Trinajstić information content (AvgIpc) is 2.70. The van der Waals surface area contributed by atoms with Crippen LogP contribution in [0.15, 0.2) is 6.07 Å². The number of primary amides is 1. The molecule has 34 heavy (non-hydrogen) atoms. The first kappa shape index (κ1) is 24.0. The number of ketones is 4. The first-order chi connectivity index (χ1) is 15.6. The molecule has 6 atom stereocenters. The van der Waals surface area contributed by atoms with Gasteiger partial charge in [-0.2, -0.15) is 0 Å². The maximum Gasteiger partial charge on any atom is 0.235 e. The topological polar surface area (TPSA) is 201 Å². The van der Waals surface area contributed by atoms with Gasteiger partial charge in [-0.15, -0.1) is 0 Å². The van der Waals surface area contributed by atoms with Gasteiger partial charge in [0, 0.05) is 36.8 Å². The summed E-state index contributed by atoms with van der Waals surface area (Å²) in [6.45, 7) is 2.41. The van der Waals surface area contributed by atoms with Gasteiger partial charge in [0.2, 0.25) is 11.8 Å². The molecule has 2 saturated carbocycles. The zero-order chi connectivity index (χ0) is 25.5. The zero-order valence-corrected chi connectivity index (χ0v) is 18.8. The largest absolute Gasteiger partial charge is 0.507 e. The van der Waals surface area contributed by atoms with Crippen molar-refractivity contribution in [3.8, 4) is 5.75 Å². The molecule has 4 rings (SSSR count). The van der Waals surface area contributed by atoms with Crippen LogP contribution < -0.4 is 11.1 Å². The van der Waals surface area contributed by atoms with Crippen molar-refractivity contribution in [3.05, 3.63) is 22.2 Å². The van der Waals surface area contributed by atoms with Gasteiger partial charge in [-0.1, -0.05) is 11.6 Å². The number of phenols is 1. The van der Waals surface area contributed by atoms with E-state index < -0.39 is 87.6 Å². The van der Waals surface area contributed by atoms with Crippen molar-refractivity contribution in [2.24, 2.45) is 29.4 Å². The summed E-state index contributed by atoms with van der Waals surface area (Å²) in [6.07, 6.45) is -0.887. The van der Waals surface area contributed by atoms with E-state index in [0.717, 1.165) is 13.0 Å². The van der Waals surface area contributed by atoms with Crippen molar-refractivity contribution in [2.75, 3.05) is 5.32 Å². The van der Waals surface area contributed by atoms with Gasteiger partial charge in [-0.05, 0) is 13.3 Å². The number of hydrogen-bond acceptors (Lipinski definition) is 9. The molecule has 3 aliphatic carbocycles. The number of carbonyl (C=O) groups is 6. The smallest absolute Gasteiger partial charge is 0.235 e. The Hall–Kier alpha value is -3.15. The molecule has 2 unspecified atom stereocenters. The molecule has 180 valence electrons. The summed E-state index contributed by atoms with van der Waals surface area (Å²) in [4.78, 5) is 75.8. The Morgan fingerprint density at radius 1 is 1.18 bits per heavy atom. The predicted molar refractivity (Wildman–Crippen MR) is 114 cm³/mol. The number of rotatable bonds is 2. The normalized spacial score (nSPS) is 34.7. The second-order valence-electron chi connectivity index (χ2n) is 9.21. The van der Waals surface area contributed by atoms with Crippen LogP contribution >= 0.6 is 11.6 Å². The van der Waals surface area contributed by atoms with Crippen LogP contribution in [0.25, 0.3) is 0 Å². The number of hydrogen-bond donors (Lipinski definition) is 5. The molecule has 12 heteroatoms. The molecule has 0 heterocycles. The lowest BCUT2D eigenvalue weighted by Gasteiger charge is -2.53. The number of Topliss-reactive ketones (excluding diaryl/α,β-unsaturated/α-hetero) is 4. The van der Waals surface area contributed by atoms with Gasteiger partial charge < -0.3 is 26.4 Å². The molecule has 11 nitrogen and oxygen atoms in total. The SMILES string of the molecule is CC(=O)Nc1c(Cl)cc(O)c2c1[C@@](C)(O)[C@H]1C[C@H]3CC(=O)C(C(N)=O)C(=O)[C@@]3(O)C(=O)C1C2=O. The highest BCUT2D eigenvalue weighted by Crippen LogP contribution is 2.57. The van der Waals surface area contributed by atoms with Gasteiger partial charge in [0.1, 0.15) is 5.75 Å². The molecule has 3 aliphatic rings. The Balaban J connectivity index is 1.94. The predicted octanol–water partition coefficient (Wildman–Crippen LogP) is -0.396. The number of halogens is 1. The van der Waals surface area contributed by atoms with Gasteiger partial charge in [0.15, 0.2) is 34.7 Å². The van der Waals surface area contributed by atoms with Gasteiger partial charge in [-0.3, -0.25) is 28.8 Å². The van der Waals surface area contributed by atoms with Crippen LogP contribution in [0, 0.1) is 23.7 Å². The number of nitrogens with one attached hydrogen (secondary N) is 1. The van der Waals surface area contributed by atoms with Gasteiger partial charge in [-0.25, -0.2) is 0 Å². The Kier molecular flexibility index (Phi) is 5.24. The van der Waals surface area contributed by atoms with E-state index in [0.29, 0.717) is 0 Å².